The van der Waals surface area contributed by atoms with Crippen molar-refractivity contribution >= 4 is 11.9 Å². The fourth-order valence-electron chi connectivity index (χ4n) is 6.40. The lowest BCUT2D eigenvalue weighted by molar-refractivity contribution is -0.126. The van der Waals surface area contributed by atoms with Crippen LogP contribution in [0.1, 0.15) is 74.8 Å². The van der Waals surface area contributed by atoms with Crippen LogP contribution < -0.4 is 0 Å². The van der Waals surface area contributed by atoms with Crippen molar-refractivity contribution in [1.82, 2.24) is 4.90 Å². The Bertz CT molecular complexity index is 1000. The van der Waals surface area contributed by atoms with Gasteiger partial charge in [0, 0.05) is 30.3 Å². The van der Waals surface area contributed by atoms with Gasteiger partial charge in [0.15, 0.2) is 0 Å². The molecule has 4 nitrogen and oxygen atoms in total. The van der Waals surface area contributed by atoms with Crippen molar-refractivity contribution < 1.29 is 14.3 Å². The zero-order valence-corrected chi connectivity index (χ0v) is 20.0. The largest absolute Gasteiger partial charge is 0.448 e. The molecule has 2 aliphatic heterocycles. The van der Waals surface area contributed by atoms with Crippen LogP contribution in [0.4, 0.5) is 4.79 Å². The molecule has 0 radical (unpaired) electrons. The van der Waals surface area contributed by atoms with Crippen LogP contribution in [0, 0.1) is 5.92 Å². The van der Waals surface area contributed by atoms with E-state index in [0.717, 1.165) is 51.4 Å². The van der Waals surface area contributed by atoms with Crippen LogP contribution in [0.2, 0.25) is 0 Å². The van der Waals surface area contributed by atoms with Gasteiger partial charge in [-0.25, -0.2) is 4.79 Å². The third kappa shape index (κ3) is 4.43. The predicted octanol–water partition coefficient (Wildman–Crippen LogP) is 6.88. The molecular formula is C30H35NO3. The van der Waals surface area contributed by atoms with Crippen LogP contribution in [0.5, 0.6) is 0 Å². The van der Waals surface area contributed by atoms with E-state index < -0.39 is 0 Å². The number of carbonyl (C=O) groups is 2. The van der Waals surface area contributed by atoms with Crippen LogP contribution in [0.3, 0.4) is 0 Å². The number of allylic oxidation sites excluding steroid dienone is 1. The van der Waals surface area contributed by atoms with E-state index in [-0.39, 0.29) is 30.0 Å². The first-order valence-corrected chi connectivity index (χ1v) is 12.9. The number of hydrogen-bond acceptors (Lipinski definition) is 3. The number of ether oxygens (including phenoxy) is 1. The van der Waals surface area contributed by atoms with Crippen molar-refractivity contribution in [1.29, 1.82) is 0 Å². The van der Waals surface area contributed by atoms with Gasteiger partial charge in [-0.05, 0) is 73.6 Å². The summed E-state index contributed by atoms with van der Waals surface area (Å²) in [4.78, 5) is 28.1. The molecule has 2 aromatic carbocycles. The molecule has 1 aliphatic carbocycles. The second kappa shape index (κ2) is 10.2. The molecule has 3 aliphatic rings. The van der Waals surface area contributed by atoms with Crippen LogP contribution in [-0.2, 0) is 9.53 Å². The molecule has 178 valence electrons. The Hall–Kier alpha value is -2.88. The minimum Gasteiger partial charge on any atom is -0.448 e. The first kappa shape index (κ1) is 22.9. The molecule has 2 saturated heterocycles. The van der Waals surface area contributed by atoms with Gasteiger partial charge < -0.3 is 9.64 Å². The lowest BCUT2D eigenvalue weighted by Crippen LogP contribution is -2.55. The number of piperidine rings is 2. The first-order valence-electron chi connectivity index (χ1n) is 12.9. The first-order chi connectivity index (χ1) is 16.7. The lowest BCUT2D eigenvalue weighted by atomic mass is 9.76. The molecular weight excluding hydrogens is 422 g/mol. The van der Waals surface area contributed by atoms with Crippen molar-refractivity contribution in [3.05, 3.63) is 72.3 Å². The van der Waals surface area contributed by atoms with Crippen LogP contribution in [0.25, 0.3) is 11.1 Å². The molecule has 2 heterocycles. The van der Waals surface area contributed by atoms with Crippen molar-refractivity contribution in [3.8, 4) is 11.1 Å². The maximum absolute atomic E-state index is 13.3. The van der Waals surface area contributed by atoms with Crippen molar-refractivity contribution in [3.63, 3.8) is 0 Å². The summed E-state index contributed by atoms with van der Waals surface area (Å²) in [5.41, 5.74) is 4.95. The molecule has 0 spiro atoms. The highest BCUT2D eigenvalue weighted by molar-refractivity contribution is 5.82. The zero-order chi connectivity index (χ0) is 23.5. The Morgan fingerprint density at radius 3 is 2.18 bits per heavy atom. The summed E-state index contributed by atoms with van der Waals surface area (Å²) in [6, 6.07) is 17.1. The predicted molar refractivity (Wildman–Crippen MR) is 135 cm³/mol. The van der Waals surface area contributed by atoms with Gasteiger partial charge in [0.2, 0.25) is 0 Å². The number of ketones is 1. The maximum atomic E-state index is 13.3. The Morgan fingerprint density at radius 2 is 1.56 bits per heavy atom. The van der Waals surface area contributed by atoms with Gasteiger partial charge >= 0.3 is 6.09 Å². The molecule has 2 aromatic rings. The molecule has 2 bridgehead atoms. The van der Waals surface area contributed by atoms with E-state index in [1.807, 2.05) is 11.0 Å². The molecule has 0 aromatic heterocycles. The minimum absolute atomic E-state index is 0.0749. The number of unbranched alkanes of at least 4 members (excludes halogenated alkanes) is 2. The maximum Gasteiger partial charge on any atom is 0.410 e. The number of Topliss-reactive ketones (excluding diaryl/α,β-unsaturated/α-hetero) is 1. The standard InChI is InChI=1S/C30H35NO3/c1-2-3-4-5-17-29(32)21-18-22-11-10-12-23(19-21)31(22)30(33)34-20-28-26-15-8-6-13-24(26)25-14-7-9-16-27(25)28/h2,6-9,13-16,21-23,28H,1,3-5,10-12,17-20H2. The molecule has 2 atom stereocenters. The fourth-order valence-corrected chi connectivity index (χ4v) is 6.40. The topological polar surface area (TPSA) is 46.6 Å². The molecule has 0 saturated carbocycles. The number of rotatable bonds is 8. The van der Waals surface area contributed by atoms with Gasteiger partial charge in [-0.2, -0.15) is 0 Å². The highest BCUT2D eigenvalue weighted by atomic mass is 16.6. The molecule has 2 fully saturated rings. The van der Waals surface area contributed by atoms with E-state index in [1.165, 1.54) is 22.3 Å². The number of carbonyl (C=O) groups excluding carboxylic acids is 2. The van der Waals surface area contributed by atoms with Gasteiger partial charge in [0.1, 0.15) is 12.4 Å². The Morgan fingerprint density at radius 1 is 0.941 bits per heavy atom. The van der Waals surface area contributed by atoms with E-state index >= 15 is 0 Å². The van der Waals surface area contributed by atoms with Crippen molar-refractivity contribution in [2.75, 3.05) is 6.61 Å². The molecule has 5 rings (SSSR count). The number of amides is 1. The number of nitrogens with zero attached hydrogens (tertiary/aromatic N) is 1. The summed E-state index contributed by atoms with van der Waals surface area (Å²) >= 11 is 0. The van der Waals surface area contributed by atoms with Gasteiger partial charge in [0.25, 0.3) is 0 Å². The average molecular weight is 458 g/mol. The zero-order valence-electron chi connectivity index (χ0n) is 20.0. The van der Waals surface area contributed by atoms with Crippen LogP contribution in [-0.4, -0.2) is 35.5 Å². The molecule has 2 unspecified atom stereocenters. The minimum atomic E-state index is -0.201. The fraction of sp³-hybridized carbons (Fsp3) is 0.467. The normalized spacial score (nSPS) is 23.2. The van der Waals surface area contributed by atoms with E-state index in [9.17, 15) is 9.59 Å². The van der Waals surface area contributed by atoms with Gasteiger partial charge in [-0.3, -0.25) is 4.79 Å². The Labute approximate surface area is 203 Å². The SMILES string of the molecule is C=CCCCCC(=O)C1CC2CCCC(C1)N2C(=O)OCC1c2ccccc2-c2ccccc21. The third-order valence-electron chi connectivity index (χ3n) is 8.06. The van der Waals surface area contributed by atoms with Crippen LogP contribution >= 0.6 is 0 Å². The number of hydrogen-bond donors (Lipinski definition) is 0. The average Bonchev–Trinajstić information content (AvgIpc) is 3.18. The molecule has 1 amide bonds. The third-order valence-corrected chi connectivity index (χ3v) is 8.06. The van der Waals surface area contributed by atoms with Crippen LogP contribution in [0.15, 0.2) is 61.2 Å². The van der Waals surface area contributed by atoms with Gasteiger partial charge in [-0.15, -0.1) is 6.58 Å². The second-order valence-electron chi connectivity index (χ2n) is 10.1. The lowest BCUT2D eigenvalue weighted by Gasteiger charge is -2.47. The Kier molecular flexibility index (Phi) is 6.85. The van der Waals surface area contributed by atoms with Gasteiger partial charge in [0.05, 0.1) is 0 Å². The highest BCUT2D eigenvalue weighted by Crippen LogP contribution is 2.45. The molecule has 4 heteroatoms. The summed E-state index contributed by atoms with van der Waals surface area (Å²) in [6.07, 6.45) is 9.97. The second-order valence-corrected chi connectivity index (χ2v) is 10.1. The summed E-state index contributed by atoms with van der Waals surface area (Å²) < 4.78 is 6.00. The van der Waals surface area contributed by atoms with E-state index in [4.69, 9.17) is 4.74 Å². The van der Waals surface area contributed by atoms with Gasteiger partial charge in [-0.1, -0.05) is 54.6 Å². The summed E-state index contributed by atoms with van der Waals surface area (Å²) in [5.74, 6) is 0.552. The number of fused-ring (bicyclic) bond motifs is 5. The van der Waals surface area contributed by atoms with E-state index in [2.05, 4.69) is 55.1 Å². The quantitative estimate of drug-likeness (QED) is 0.320. The van der Waals surface area contributed by atoms with Crippen molar-refractivity contribution in [2.45, 2.75) is 75.8 Å². The summed E-state index contributed by atoms with van der Waals surface area (Å²) in [5, 5.41) is 0. The Balaban J connectivity index is 1.23. The van der Waals surface area contributed by atoms with E-state index in [0.29, 0.717) is 18.8 Å². The summed E-state index contributed by atoms with van der Waals surface area (Å²) in [6.45, 7) is 4.11. The molecule has 34 heavy (non-hydrogen) atoms. The summed E-state index contributed by atoms with van der Waals surface area (Å²) in [7, 11) is 0. The monoisotopic (exact) mass is 457 g/mol. The highest BCUT2D eigenvalue weighted by Gasteiger charge is 2.43. The molecule has 0 N–H and O–H groups in total. The smallest absolute Gasteiger partial charge is 0.410 e. The van der Waals surface area contributed by atoms with Crippen molar-refractivity contribution in [2.24, 2.45) is 5.92 Å². The number of benzene rings is 2. The van der Waals surface area contributed by atoms with E-state index in [1.54, 1.807) is 0 Å².